The fraction of sp³-hybridized carbons (Fsp3) is 0.600. The van der Waals surface area contributed by atoms with Crippen LogP contribution in [0.3, 0.4) is 0 Å². The summed E-state index contributed by atoms with van der Waals surface area (Å²) in [4.78, 5) is 8.13. The molecule has 0 aromatic carbocycles. The van der Waals surface area contributed by atoms with E-state index in [2.05, 4.69) is 15.4 Å². The van der Waals surface area contributed by atoms with Gasteiger partial charge in [-0.3, -0.25) is 0 Å². The Bertz CT molecular complexity index is 336. The topological polar surface area (TPSA) is 73.1 Å². The predicted molar refractivity (Wildman–Crippen MR) is 57.5 cm³/mol. The summed E-state index contributed by atoms with van der Waals surface area (Å²) in [5.74, 6) is 6.60. The molecular weight excluding hydrogens is 192 g/mol. The summed E-state index contributed by atoms with van der Waals surface area (Å²) in [6.45, 7) is 1.90. The molecule has 1 heterocycles. The summed E-state index contributed by atoms with van der Waals surface area (Å²) >= 11 is 0. The molecule has 0 unspecified atom stereocenters. The van der Waals surface area contributed by atoms with Crippen LogP contribution in [0.5, 0.6) is 5.88 Å². The maximum Gasteiger partial charge on any atom is 0.221 e. The van der Waals surface area contributed by atoms with Crippen molar-refractivity contribution in [3.05, 3.63) is 11.9 Å². The Kier molecular flexibility index (Phi) is 3.01. The Hall–Kier alpha value is -1.36. The minimum atomic E-state index is 0.309. The lowest BCUT2D eigenvalue weighted by Crippen LogP contribution is -2.15. The van der Waals surface area contributed by atoms with Gasteiger partial charge in [0.15, 0.2) is 0 Å². The zero-order valence-electron chi connectivity index (χ0n) is 8.86. The van der Waals surface area contributed by atoms with Gasteiger partial charge in [-0.1, -0.05) is 0 Å². The fourth-order valence-corrected chi connectivity index (χ4v) is 1.86. The summed E-state index contributed by atoms with van der Waals surface area (Å²) in [7, 11) is 0. The van der Waals surface area contributed by atoms with Crippen LogP contribution in [0.1, 0.15) is 31.2 Å². The van der Waals surface area contributed by atoms with Crippen molar-refractivity contribution >= 4 is 5.82 Å². The maximum absolute atomic E-state index is 5.80. The van der Waals surface area contributed by atoms with Gasteiger partial charge >= 0.3 is 0 Å². The summed E-state index contributed by atoms with van der Waals surface area (Å²) in [6, 6.07) is 0. The largest absolute Gasteiger partial charge is 0.474 e. The first kappa shape index (κ1) is 10.2. The van der Waals surface area contributed by atoms with E-state index in [-0.39, 0.29) is 0 Å². The first-order chi connectivity index (χ1) is 7.31. The van der Waals surface area contributed by atoms with Crippen LogP contribution in [-0.4, -0.2) is 16.1 Å². The van der Waals surface area contributed by atoms with Gasteiger partial charge in [-0.05, 0) is 32.6 Å². The van der Waals surface area contributed by atoms with Crippen molar-refractivity contribution in [1.29, 1.82) is 0 Å². The molecule has 5 nitrogen and oxygen atoms in total. The number of anilines is 1. The highest BCUT2D eigenvalue weighted by molar-refractivity contribution is 5.46. The van der Waals surface area contributed by atoms with E-state index in [9.17, 15) is 0 Å². The van der Waals surface area contributed by atoms with E-state index in [1.807, 2.05) is 6.92 Å². The van der Waals surface area contributed by atoms with Crippen molar-refractivity contribution in [2.24, 2.45) is 5.84 Å². The summed E-state index contributed by atoms with van der Waals surface area (Å²) < 4.78 is 5.80. The molecule has 3 N–H and O–H groups in total. The normalized spacial score (nSPS) is 16.7. The molecule has 0 atom stereocenters. The zero-order chi connectivity index (χ0) is 10.7. The van der Waals surface area contributed by atoms with Crippen LogP contribution in [-0.2, 0) is 0 Å². The second-order valence-electron chi connectivity index (χ2n) is 3.82. The van der Waals surface area contributed by atoms with Gasteiger partial charge in [0.05, 0.1) is 5.56 Å². The highest BCUT2D eigenvalue weighted by atomic mass is 16.5. The Morgan fingerprint density at radius 3 is 2.80 bits per heavy atom. The summed E-state index contributed by atoms with van der Waals surface area (Å²) in [5, 5.41) is 0. The molecule has 0 aliphatic heterocycles. The number of nitrogen functional groups attached to an aromatic ring is 1. The molecular formula is C10H16N4O. The van der Waals surface area contributed by atoms with Gasteiger partial charge in [-0.15, -0.1) is 0 Å². The van der Waals surface area contributed by atoms with E-state index >= 15 is 0 Å². The van der Waals surface area contributed by atoms with Gasteiger partial charge in [0.1, 0.15) is 18.2 Å². The van der Waals surface area contributed by atoms with E-state index < -0.39 is 0 Å². The molecule has 0 saturated heterocycles. The molecule has 0 amide bonds. The molecule has 1 saturated carbocycles. The fourth-order valence-electron chi connectivity index (χ4n) is 1.86. The predicted octanol–water partition coefficient (Wildman–Crippen LogP) is 1.39. The molecule has 0 spiro atoms. The molecule has 1 fully saturated rings. The van der Waals surface area contributed by atoms with Gasteiger partial charge in [-0.25, -0.2) is 15.8 Å². The Labute approximate surface area is 89.0 Å². The van der Waals surface area contributed by atoms with Crippen molar-refractivity contribution in [2.75, 3.05) is 5.43 Å². The second-order valence-corrected chi connectivity index (χ2v) is 3.82. The van der Waals surface area contributed by atoms with Crippen molar-refractivity contribution in [3.63, 3.8) is 0 Å². The first-order valence-electron chi connectivity index (χ1n) is 5.26. The second kappa shape index (κ2) is 4.44. The van der Waals surface area contributed by atoms with Crippen LogP contribution >= 0.6 is 0 Å². The quantitative estimate of drug-likeness (QED) is 0.580. The highest BCUT2D eigenvalue weighted by Gasteiger charge is 2.18. The van der Waals surface area contributed by atoms with Gasteiger partial charge in [-0.2, -0.15) is 0 Å². The number of aromatic nitrogens is 2. The third-order valence-corrected chi connectivity index (χ3v) is 2.76. The average molecular weight is 208 g/mol. The van der Waals surface area contributed by atoms with Crippen molar-refractivity contribution in [3.8, 4) is 5.88 Å². The van der Waals surface area contributed by atoms with E-state index in [4.69, 9.17) is 10.6 Å². The minimum absolute atomic E-state index is 0.309. The van der Waals surface area contributed by atoms with E-state index in [0.717, 1.165) is 18.4 Å². The number of hydrogen-bond donors (Lipinski definition) is 2. The van der Waals surface area contributed by atoms with E-state index in [0.29, 0.717) is 17.8 Å². The van der Waals surface area contributed by atoms with Crippen molar-refractivity contribution in [1.82, 2.24) is 9.97 Å². The standard InChI is InChI=1S/C10H16N4O/c1-7-9(14-11)12-6-13-10(7)15-8-4-2-3-5-8/h6,8H,2-5,11H2,1H3,(H,12,13,14). The van der Waals surface area contributed by atoms with E-state index in [1.165, 1.54) is 19.2 Å². The lowest BCUT2D eigenvalue weighted by molar-refractivity contribution is 0.199. The molecule has 1 aliphatic carbocycles. The van der Waals surface area contributed by atoms with Gasteiger partial charge in [0.2, 0.25) is 5.88 Å². The van der Waals surface area contributed by atoms with Gasteiger partial charge in [0, 0.05) is 0 Å². The molecule has 0 radical (unpaired) electrons. The van der Waals surface area contributed by atoms with Crippen molar-refractivity contribution < 1.29 is 4.74 Å². The Balaban J connectivity index is 2.13. The molecule has 0 bridgehead atoms. The van der Waals surface area contributed by atoms with Crippen LogP contribution in [0.25, 0.3) is 0 Å². The Morgan fingerprint density at radius 2 is 2.13 bits per heavy atom. The zero-order valence-corrected chi connectivity index (χ0v) is 8.86. The van der Waals surface area contributed by atoms with Gasteiger partial charge in [0.25, 0.3) is 0 Å². The molecule has 1 aromatic heterocycles. The van der Waals surface area contributed by atoms with Crippen molar-refractivity contribution in [2.45, 2.75) is 38.7 Å². The average Bonchev–Trinajstić information content (AvgIpc) is 2.74. The maximum atomic E-state index is 5.80. The number of nitrogens with zero attached hydrogens (tertiary/aromatic N) is 2. The lowest BCUT2D eigenvalue weighted by Gasteiger charge is -2.14. The molecule has 1 aromatic rings. The van der Waals surface area contributed by atoms with Crippen LogP contribution in [0.4, 0.5) is 5.82 Å². The molecule has 15 heavy (non-hydrogen) atoms. The molecule has 5 heteroatoms. The van der Waals surface area contributed by atoms with Gasteiger partial charge < -0.3 is 10.2 Å². The number of nitrogens with two attached hydrogens (primary N) is 1. The van der Waals surface area contributed by atoms with Crippen LogP contribution in [0.2, 0.25) is 0 Å². The van der Waals surface area contributed by atoms with E-state index in [1.54, 1.807) is 0 Å². The third-order valence-electron chi connectivity index (χ3n) is 2.76. The summed E-state index contributed by atoms with van der Waals surface area (Å²) in [6.07, 6.45) is 6.51. The number of hydrazine groups is 1. The summed E-state index contributed by atoms with van der Waals surface area (Å²) in [5.41, 5.74) is 3.40. The van der Waals surface area contributed by atoms with Crippen LogP contribution in [0, 0.1) is 6.92 Å². The minimum Gasteiger partial charge on any atom is -0.474 e. The monoisotopic (exact) mass is 208 g/mol. The Morgan fingerprint density at radius 1 is 1.40 bits per heavy atom. The number of hydrogen-bond acceptors (Lipinski definition) is 5. The molecule has 2 rings (SSSR count). The van der Waals surface area contributed by atoms with Crippen LogP contribution < -0.4 is 16.0 Å². The lowest BCUT2D eigenvalue weighted by atomic mass is 10.3. The highest BCUT2D eigenvalue weighted by Crippen LogP contribution is 2.26. The first-order valence-corrected chi connectivity index (χ1v) is 5.26. The SMILES string of the molecule is Cc1c(NN)ncnc1OC1CCCC1. The smallest absolute Gasteiger partial charge is 0.221 e. The van der Waals surface area contributed by atoms with Crippen LogP contribution in [0.15, 0.2) is 6.33 Å². The molecule has 82 valence electrons. The number of rotatable bonds is 3. The molecule has 1 aliphatic rings. The third kappa shape index (κ3) is 2.18. The number of ether oxygens (including phenoxy) is 1. The number of nitrogens with one attached hydrogen (secondary N) is 1.